The molecule has 38 heavy (non-hydrogen) atoms. The number of carboxylic acids is 1. The highest BCUT2D eigenvalue weighted by atomic mass is 16.6. The van der Waals surface area contributed by atoms with E-state index in [2.05, 4.69) is 17.5 Å². The quantitative estimate of drug-likeness (QED) is 0.533. The Bertz CT molecular complexity index is 1040. The molecule has 6 rings (SSSR count). The van der Waals surface area contributed by atoms with Crippen molar-refractivity contribution < 1.29 is 33.8 Å². The number of rotatable bonds is 4. The zero-order valence-electron chi connectivity index (χ0n) is 23.1. The lowest BCUT2D eigenvalue weighted by atomic mass is 9.71. The first-order valence-electron chi connectivity index (χ1n) is 13.8. The third-order valence-electron chi connectivity index (χ3n) is 9.26. The summed E-state index contributed by atoms with van der Waals surface area (Å²) in [6.07, 6.45) is 5.71. The maximum Gasteiger partial charge on any atom is 0.410 e. The van der Waals surface area contributed by atoms with Crippen LogP contribution in [0.1, 0.15) is 53.9 Å². The maximum absolute atomic E-state index is 13.7. The number of hydrogen-bond donors (Lipinski definition) is 2. The molecule has 4 aliphatic heterocycles. The summed E-state index contributed by atoms with van der Waals surface area (Å²) in [5.41, 5.74) is -1.76. The summed E-state index contributed by atoms with van der Waals surface area (Å²) < 4.78 is 11.9. The normalized spacial score (nSPS) is 35.3. The molecule has 6 aliphatic rings. The summed E-state index contributed by atoms with van der Waals surface area (Å²) in [7, 11) is 0. The second-order valence-electron chi connectivity index (χ2n) is 13.6. The van der Waals surface area contributed by atoms with Crippen molar-refractivity contribution in [2.75, 3.05) is 32.8 Å². The van der Waals surface area contributed by atoms with E-state index in [0.717, 1.165) is 19.3 Å². The van der Waals surface area contributed by atoms with Gasteiger partial charge in [0.05, 0.1) is 18.6 Å². The van der Waals surface area contributed by atoms with Crippen LogP contribution in [0.2, 0.25) is 0 Å². The number of amides is 3. The lowest BCUT2D eigenvalue weighted by Gasteiger charge is -2.50. The molecule has 6 atom stereocenters. The first kappa shape index (κ1) is 27.0. The maximum atomic E-state index is 13.7. The van der Waals surface area contributed by atoms with Crippen LogP contribution in [0.4, 0.5) is 4.79 Å². The third-order valence-corrected chi connectivity index (χ3v) is 9.26. The number of carboxylic acid groups (broad SMARTS) is 1. The monoisotopic (exact) mass is 531 g/mol. The van der Waals surface area contributed by atoms with Gasteiger partial charge in [-0.1, -0.05) is 26.0 Å². The number of aliphatic carboxylic acids is 1. The predicted molar refractivity (Wildman–Crippen MR) is 137 cm³/mol. The van der Waals surface area contributed by atoms with Gasteiger partial charge in [-0.25, -0.2) is 9.59 Å². The first-order chi connectivity index (χ1) is 17.7. The molecule has 1 saturated carbocycles. The molecule has 4 heterocycles. The van der Waals surface area contributed by atoms with Crippen LogP contribution >= 0.6 is 0 Å². The van der Waals surface area contributed by atoms with Gasteiger partial charge in [-0.3, -0.25) is 9.59 Å². The van der Waals surface area contributed by atoms with Crippen molar-refractivity contribution in [1.82, 2.24) is 15.1 Å². The Morgan fingerprint density at radius 1 is 1.16 bits per heavy atom. The Morgan fingerprint density at radius 3 is 2.47 bits per heavy atom. The lowest BCUT2D eigenvalue weighted by molar-refractivity contribution is -0.152. The summed E-state index contributed by atoms with van der Waals surface area (Å²) in [5.74, 6) is -2.68. The van der Waals surface area contributed by atoms with Crippen LogP contribution in [-0.4, -0.2) is 89.3 Å². The number of allylic oxidation sites excluding steroid dienone is 2. The van der Waals surface area contributed by atoms with Gasteiger partial charge in [0.25, 0.3) is 0 Å². The van der Waals surface area contributed by atoms with Crippen molar-refractivity contribution in [2.24, 2.45) is 34.5 Å². The van der Waals surface area contributed by atoms with Gasteiger partial charge in [-0.05, 0) is 51.4 Å². The standard InChI is InChI=1S/C28H41N3O7/c1-26(2,3)38-25(36)30-11-17-22(32)29-20(24(34)35)21(37-12-16-9-7-6-8-10-16)18-19(27(18,4)5)23(33)31-14-28(17,13-30)15-31/h6-7,16-21H,8-15H2,1-5H3,(H,29,32)(H,34,35)/t16?,17-,18?,19+,20-,21+/m0/s1. The van der Waals surface area contributed by atoms with Crippen molar-refractivity contribution >= 4 is 23.9 Å². The lowest BCUT2D eigenvalue weighted by Crippen LogP contribution is -2.65. The number of nitrogens with zero attached hydrogens (tertiary/aromatic N) is 2. The van der Waals surface area contributed by atoms with Crippen LogP contribution in [0.25, 0.3) is 0 Å². The highest BCUT2D eigenvalue weighted by Gasteiger charge is 2.70. The fourth-order valence-electron chi connectivity index (χ4n) is 7.15. The molecule has 2 bridgehead atoms. The Labute approximate surface area is 224 Å². The van der Waals surface area contributed by atoms with Crippen molar-refractivity contribution in [1.29, 1.82) is 0 Å². The highest BCUT2D eigenvalue weighted by Crippen LogP contribution is 2.63. The molecule has 0 radical (unpaired) electrons. The molecule has 10 nitrogen and oxygen atoms in total. The second kappa shape index (κ2) is 9.24. The molecule has 10 heteroatoms. The highest BCUT2D eigenvalue weighted by molar-refractivity contribution is 5.90. The average molecular weight is 532 g/mol. The molecule has 210 valence electrons. The third kappa shape index (κ3) is 4.69. The van der Waals surface area contributed by atoms with Crippen molar-refractivity contribution in [2.45, 2.75) is 71.6 Å². The van der Waals surface area contributed by atoms with Gasteiger partial charge in [0.1, 0.15) is 5.60 Å². The number of ether oxygens (including phenoxy) is 2. The fourth-order valence-corrected chi connectivity index (χ4v) is 7.15. The van der Waals surface area contributed by atoms with E-state index in [1.807, 2.05) is 13.8 Å². The largest absolute Gasteiger partial charge is 0.480 e. The Morgan fingerprint density at radius 2 is 1.87 bits per heavy atom. The Balaban J connectivity index is 1.43. The first-order valence-corrected chi connectivity index (χ1v) is 13.8. The fraction of sp³-hybridized carbons (Fsp3) is 0.786. The summed E-state index contributed by atoms with van der Waals surface area (Å²) in [4.78, 5) is 56.1. The van der Waals surface area contributed by atoms with Crippen LogP contribution in [0.3, 0.4) is 0 Å². The van der Waals surface area contributed by atoms with Crippen LogP contribution < -0.4 is 5.32 Å². The zero-order chi connectivity index (χ0) is 27.6. The topological polar surface area (TPSA) is 125 Å². The summed E-state index contributed by atoms with van der Waals surface area (Å²) in [5, 5.41) is 13.1. The van der Waals surface area contributed by atoms with E-state index in [4.69, 9.17) is 9.47 Å². The van der Waals surface area contributed by atoms with E-state index in [-0.39, 0.29) is 36.8 Å². The summed E-state index contributed by atoms with van der Waals surface area (Å²) in [6, 6.07) is -1.29. The molecule has 5 fully saturated rings. The minimum Gasteiger partial charge on any atom is -0.480 e. The number of carbonyl (C=O) groups excluding carboxylic acids is 3. The zero-order valence-corrected chi connectivity index (χ0v) is 23.1. The number of nitrogens with one attached hydrogen (secondary N) is 1. The van der Waals surface area contributed by atoms with E-state index >= 15 is 0 Å². The van der Waals surface area contributed by atoms with Gasteiger partial charge >= 0.3 is 12.1 Å². The molecule has 0 aromatic carbocycles. The van der Waals surface area contributed by atoms with Crippen molar-refractivity contribution in [3.8, 4) is 0 Å². The smallest absolute Gasteiger partial charge is 0.410 e. The molecule has 0 aromatic rings. The molecular formula is C28H41N3O7. The minimum absolute atomic E-state index is 0.0206. The molecular weight excluding hydrogens is 490 g/mol. The molecule has 2 aliphatic carbocycles. The molecule has 3 amide bonds. The predicted octanol–water partition coefficient (Wildman–Crippen LogP) is 2.28. The number of hydrogen-bond acceptors (Lipinski definition) is 6. The van der Waals surface area contributed by atoms with Crippen LogP contribution in [-0.2, 0) is 23.9 Å². The van der Waals surface area contributed by atoms with Gasteiger partial charge in [0, 0.05) is 43.4 Å². The van der Waals surface area contributed by atoms with Gasteiger partial charge in [0.2, 0.25) is 11.8 Å². The number of carbonyl (C=O) groups is 4. The van der Waals surface area contributed by atoms with E-state index < -0.39 is 52.5 Å². The molecule has 4 saturated heterocycles. The molecule has 2 unspecified atom stereocenters. The van der Waals surface area contributed by atoms with Gasteiger partial charge in [0.15, 0.2) is 6.04 Å². The SMILES string of the molecule is CC(C)(C)OC(=O)N1C[C@H]2C(=O)N[C@H](C(=O)O)[C@H](OCC3CC=CCC3)C3[C@H](C(=O)N4CC2(C1)C4)C3(C)C. The number of likely N-dealkylation sites (tertiary alicyclic amines) is 1. The Kier molecular flexibility index (Phi) is 6.56. The van der Waals surface area contributed by atoms with Crippen LogP contribution in [0, 0.1) is 34.5 Å². The van der Waals surface area contributed by atoms with Crippen LogP contribution in [0.15, 0.2) is 12.2 Å². The average Bonchev–Trinajstić information content (AvgIpc) is 3.17. The minimum atomic E-state index is -1.29. The van der Waals surface area contributed by atoms with E-state index in [9.17, 15) is 24.3 Å². The number of fused-ring (bicyclic) bond motifs is 3. The van der Waals surface area contributed by atoms with E-state index in [1.54, 1.807) is 25.7 Å². The molecule has 1 spiro atoms. The van der Waals surface area contributed by atoms with Crippen molar-refractivity contribution in [3.05, 3.63) is 12.2 Å². The van der Waals surface area contributed by atoms with Gasteiger partial charge < -0.3 is 29.7 Å². The van der Waals surface area contributed by atoms with E-state index in [1.165, 1.54) is 4.90 Å². The van der Waals surface area contributed by atoms with Gasteiger partial charge in [-0.15, -0.1) is 0 Å². The summed E-state index contributed by atoms with van der Waals surface area (Å²) in [6.45, 7) is 10.8. The summed E-state index contributed by atoms with van der Waals surface area (Å²) >= 11 is 0. The molecule has 0 aromatic heterocycles. The van der Waals surface area contributed by atoms with Crippen LogP contribution in [0.5, 0.6) is 0 Å². The van der Waals surface area contributed by atoms with Gasteiger partial charge in [-0.2, -0.15) is 0 Å². The Hall–Kier alpha value is -2.62. The van der Waals surface area contributed by atoms with Crippen molar-refractivity contribution in [3.63, 3.8) is 0 Å². The van der Waals surface area contributed by atoms with E-state index in [0.29, 0.717) is 19.7 Å². The second-order valence-corrected chi connectivity index (χ2v) is 13.6. The molecule has 2 N–H and O–H groups in total.